The molecule has 0 aromatic carbocycles. The molecule has 0 saturated heterocycles. The van der Waals surface area contributed by atoms with Gasteiger partial charge in [-0.05, 0) is 70.6 Å². The molecule has 1 unspecified atom stereocenters. The molecule has 2 atom stereocenters. The van der Waals surface area contributed by atoms with Crippen molar-refractivity contribution in [2.45, 2.75) is 213 Å². The summed E-state index contributed by atoms with van der Waals surface area (Å²) in [6.07, 6.45) is 50.2. The van der Waals surface area contributed by atoms with Crippen LogP contribution in [0, 0.1) is 0 Å². The normalized spacial score (nSPS) is 13.9. The molecule has 0 aromatic heterocycles. The van der Waals surface area contributed by atoms with Crippen molar-refractivity contribution in [3.63, 3.8) is 0 Å². The van der Waals surface area contributed by atoms with Crippen molar-refractivity contribution < 1.29 is 42.1 Å². The van der Waals surface area contributed by atoms with Crippen LogP contribution in [0.1, 0.15) is 206 Å². The summed E-state index contributed by atoms with van der Waals surface area (Å²) in [5.74, 6) is -0.816. The molecule has 0 aliphatic rings. The number of unbranched alkanes of at least 4 members (excludes halogenated alkanes) is 22. The summed E-state index contributed by atoms with van der Waals surface area (Å²) in [6, 6.07) is 0. The fourth-order valence-electron chi connectivity index (χ4n) is 6.55. The number of phosphoric ester groups is 1. The summed E-state index contributed by atoms with van der Waals surface area (Å²) >= 11 is 0. The molecule has 10 heteroatoms. The van der Waals surface area contributed by atoms with E-state index < -0.39 is 26.5 Å². The second kappa shape index (κ2) is 42.3. The van der Waals surface area contributed by atoms with Crippen molar-refractivity contribution in [3.05, 3.63) is 48.6 Å². The number of allylic oxidation sites excluding steroid dienone is 8. The zero-order valence-electron chi connectivity index (χ0n) is 39.4. The minimum Gasteiger partial charge on any atom is -0.462 e. The maximum absolute atomic E-state index is 12.7. The minimum atomic E-state index is -4.38. The molecule has 0 heterocycles. The Morgan fingerprint density at radius 1 is 0.533 bits per heavy atom. The van der Waals surface area contributed by atoms with Crippen molar-refractivity contribution in [1.29, 1.82) is 0 Å². The first kappa shape index (κ1) is 58.0. The number of hydrogen-bond acceptors (Lipinski definition) is 7. The number of likely N-dealkylation sites (N-methyl/N-ethyl adjacent to an activating group) is 1. The van der Waals surface area contributed by atoms with Gasteiger partial charge in [0, 0.05) is 12.8 Å². The second-order valence-electron chi connectivity index (χ2n) is 17.5. The molecule has 60 heavy (non-hydrogen) atoms. The van der Waals surface area contributed by atoms with Crippen molar-refractivity contribution >= 4 is 19.8 Å². The number of esters is 2. The van der Waals surface area contributed by atoms with Crippen LogP contribution < -0.4 is 0 Å². The minimum absolute atomic E-state index is 0.0270. The van der Waals surface area contributed by atoms with Crippen molar-refractivity contribution in [1.82, 2.24) is 0 Å². The van der Waals surface area contributed by atoms with Gasteiger partial charge in [-0.3, -0.25) is 18.6 Å². The predicted octanol–water partition coefficient (Wildman–Crippen LogP) is 14.2. The van der Waals surface area contributed by atoms with Crippen LogP contribution in [-0.2, 0) is 32.7 Å². The van der Waals surface area contributed by atoms with E-state index in [1.54, 1.807) is 0 Å². The van der Waals surface area contributed by atoms with E-state index in [2.05, 4.69) is 62.5 Å². The van der Waals surface area contributed by atoms with E-state index in [-0.39, 0.29) is 32.0 Å². The van der Waals surface area contributed by atoms with E-state index in [9.17, 15) is 19.0 Å². The van der Waals surface area contributed by atoms with Crippen LogP contribution in [0.25, 0.3) is 0 Å². The third-order valence-electron chi connectivity index (χ3n) is 10.3. The standard InChI is InChI=1S/C50H92NO8P/c1-6-8-10-12-14-16-18-20-22-23-24-25-26-27-29-30-32-34-36-38-40-42-49(52)56-46-48(47-58-60(54,55)57-45-44-51(3,4)5)59-50(53)43-41-39-37-35-33-31-28-21-19-17-15-13-11-9-7-2/h9,11,15,17,20-22,28,48H,6-8,10,12-14,16,18-19,23-27,29-47H2,1-5H3/p+1/b11-9-,17-15-,22-20-,28-21-/t48-/m1/s1. The van der Waals surface area contributed by atoms with Crippen molar-refractivity contribution in [3.8, 4) is 0 Å². The topological polar surface area (TPSA) is 108 Å². The van der Waals surface area contributed by atoms with Gasteiger partial charge < -0.3 is 18.9 Å². The van der Waals surface area contributed by atoms with E-state index in [0.29, 0.717) is 17.4 Å². The average Bonchev–Trinajstić information content (AvgIpc) is 3.20. The molecule has 0 fully saturated rings. The van der Waals surface area contributed by atoms with E-state index in [0.717, 1.165) is 70.6 Å². The summed E-state index contributed by atoms with van der Waals surface area (Å²) in [5, 5.41) is 0. The molecule has 0 aliphatic heterocycles. The smallest absolute Gasteiger partial charge is 0.462 e. The molecule has 0 saturated carbocycles. The third kappa shape index (κ3) is 45.5. The van der Waals surface area contributed by atoms with Gasteiger partial charge in [-0.25, -0.2) is 4.57 Å². The number of hydrogen-bond donors (Lipinski definition) is 1. The highest BCUT2D eigenvalue weighted by atomic mass is 31.2. The Bertz CT molecular complexity index is 1160. The Labute approximate surface area is 369 Å². The largest absolute Gasteiger partial charge is 0.472 e. The van der Waals surface area contributed by atoms with Crippen LogP contribution in [0.2, 0.25) is 0 Å². The molecule has 0 bridgehead atoms. The van der Waals surface area contributed by atoms with Gasteiger partial charge in [0.2, 0.25) is 0 Å². The maximum atomic E-state index is 12.7. The van der Waals surface area contributed by atoms with Crippen LogP contribution in [0.5, 0.6) is 0 Å². The number of ether oxygens (including phenoxy) is 2. The number of carbonyl (C=O) groups excluding carboxylic acids is 2. The van der Waals surface area contributed by atoms with Crippen LogP contribution in [-0.4, -0.2) is 74.9 Å². The molecule has 0 spiro atoms. The summed E-state index contributed by atoms with van der Waals surface area (Å²) in [6.45, 7) is 4.30. The zero-order chi connectivity index (χ0) is 44.3. The number of carbonyl (C=O) groups is 2. The number of nitrogens with zero attached hydrogens (tertiary/aromatic N) is 1. The molecule has 0 aliphatic carbocycles. The van der Waals surface area contributed by atoms with Gasteiger partial charge in [0.05, 0.1) is 27.7 Å². The monoisotopic (exact) mass is 867 g/mol. The molecule has 0 radical (unpaired) electrons. The van der Waals surface area contributed by atoms with Crippen LogP contribution in [0.4, 0.5) is 0 Å². The first-order valence-electron chi connectivity index (χ1n) is 24.4. The SMILES string of the molecule is CC/C=C\C/C=C\C/C=C\CCCCCCCC(=O)O[C@H](COC(=O)CCCCCCCCCCCCC/C=C\CCCCCCCC)COP(=O)(O)OCC[N+](C)(C)C. The first-order valence-corrected chi connectivity index (χ1v) is 25.9. The Balaban J connectivity index is 4.27. The highest BCUT2D eigenvalue weighted by Gasteiger charge is 2.27. The number of quaternary nitrogens is 1. The third-order valence-corrected chi connectivity index (χ3v) is 11.3. The van der Waals surface area contributed by atoms with Crippen LogP contribution in [0.15, 0.2) is 48.6 Å². The lowest BCUT2D eigenvalue weighted by atomic mass is 10.0. The molecule has 0 aromatic rings. The van der Waals surface area contributed by atoms with Crippen LogP contribution >= 0.6 is 7.82 Å². The van der Waals surface area contributed by atoms with Gasteiger partial charge in [-0.1, -0.05) is 172 Å². The molecular formula is C50H93NO8P+. The van der Waals surface area contributed by atoms with Crippen molar-refractivity contribution in [2.75, 3.05) is 47.5 Å². The van der Waals surface area contributed by atoms with Gasteiger partial charge in [0.15, 0.2) is 6.10 Å². The molecule has 9 nitrogen and oxygen atoms in total. The highest BCUT2D eigenvalue weighted by molar-refractivity contribution is 7.47. The Kier molecular flexibility index (Phi) is 40.8. The summed E-state index contributed by atoms with van der Waals surface area (Å²) in [7, 11) is 1.46. The molecule has 0 amide bonds. The quantitative estimate of drug-likeness (QED) is 0.0212. The number of rotatable bonds is 44. The summed E-state index contributed by atoms with van der Waals surface area (Å²) in [4.78, 5) is 35.5. The van der Waals surface area contributed by atoms with Gasteiger partial charge in [0.25, 0.3) is 0 Å². The van der Waals surface area contributed by atoms with E-state index in [4.69, 9.17) is 18.5 Å². The van der Waals surface area contributed by atoms with Gasteiger partial charge in [-0.2, -0.15) is 0 Å². The predicted molar refractivity (Wildman–Crippen MR) is 252 cm³/mol. The summed E-state index contributed by atoms with van der Waals surface area (Å²) in [5.41, 5.74) is 0. The van der Waals surface area contributed by atoms with E-state index in [1.807, 2.05) is 21.1 Å². The van der Waals surface area contributed by atoms with Gasteiger partial charge in [-0.15, -0.1) is 0 Å². The van der Waals surface area contributed by atoms with Gasteiger partial charge >= 0.3 is 19.8 Å². The molecular weight excluding hydrogens is 774 g/mol. The average molecular weight is 867 g/mol. The Morgan fingerprint density at radius 3 is 1.43 bits per heavy atom. The lowest BCUT2D eigenvalue weighted by Gasteiger charge is -2.24. The molecule has 350 valence electrons. The fourth-order valence-corrected chi connectivity index (χ4v) is 7.29. The Hall–Kier alpha value is -2.03. The zero-order valence-corrected chi connectivity index (χ0v) is 40.3. The molecule has 0 rings (SSSR count). The van der Waals surface area contributed by atoms with Crippen LogP contribution in [0.3, 0.4) is 0 Å². The lowest BCUT2D eigenvalue weighted by molar-refractivity contribution is -0.870. The fraction of sp³-hybridized carbons (Fsp3) is 0.800. The Morgan fingerprint density at radius 2 is 0.950 bits per heavy atom. The van der Waals surface area contributed by atoms with E-state index >= 15 is 0 Å². The molecule has 1 N–H and O–H groups in total. The first-order chi connectivity index (χ1) is 29.0. The van der Waals surface area contributed by atoms with Gasteiger partial charge in [0.1, 0.15) is 19.8 Å². The maximum Gasteiger partial charge on any atom is 0.472 e. The van der Waals surface area contributed by atoms with E-state index in [1.165, 1.54) is 103 Å². The highest BCUT2D eigenvalue weighted by Crippen LogP contribution is 2.43. The van der Waals surface area contributed by atoms with Crippen molar-refractivity contribution in [2.24, 2.45) is 0 Å². The second-order valence-corrected chi connectivity index (χ2v) is 18.9. The summed E-state index contributed by atoms with van der Waals surface area (Å²) < 4.78 is 34.4. The lowest BCUT2D eigenvalue weighted by Crippen LogP contribution is -2.37. The number of phosphoric acid groups is 1.